The van der Waals surface area contributed by atoms with E-state index in [0.717, 1.165) is 15.8 Å². The van der Waals surface area contributed by atoms with Crippen LogP contribution in [0, 0.1) is 6.92 Å². The summed E-state index contributed by atoms with van der Waals surface area (Å²) in [7, 11) is 1.37. The van der Waals surface area contributed by atoms with Crippen LogP contribution in [0.1, 0.15) is 23.3 Å². The van der Waals surface area contributed by atoms with Gasteiger partial charge in [0.1, 0.15) is 11.8 Å². The summed E-state index contributed by atoms with van der Waals surface area (Å²) in [6, 6.07) is 6.92. The van der Waals surface area contributed by atoms with Crippen molar-refractivity contribution in [3.8, 4) is 0 Å². The lowest BCUT2D eigenvalue weighted by Gasteiger charge is -2.16. The molecule has 0 saturated carbocycles. The van der Waals surface area contributed by atoms with Crippen molar-refractivity contribution in [1.82, 2.24) is 10.3 Å². The first-order valence-corrected chi connectivity index (χ1v) is 6.87. The predicted octanol–water partition coefficient (Wildman–Crippen LogP) is 2.75. The first-order chi connectivity index (χ1) is 9.60. The third-order valence-corrected chi connectivity index (χ3v) is 3.30. The van der Waals surface area contributed by atoms with E-state index in [-0.39, 0.29) is 5.97 Å². The maximum absolute atomic E-state index is 11.9. The standard InChI is InChI=1S/C14H15BrN2O3/c1-9-7-16-12(20-9)8-17-13(14(18)19-2)10-3-5-11(15)6-4-10/h3-7,13,17H,8H2,1-2H3/t13-/m1/s1. The highest BCUT2D eigenvalue weighted by molar-refractivity contribution is 9.10. The minimum absolute atomic E-state index is 0.351. The lowest BCUT2D eigenvalue weighted by molar-refractivity contribution is -0.143. The molecule has 106 valence electrons. The molecule has 0 saturated heterocycles. The maximum Gasteiger partial charge on any atom is 0.327 e. The summed E-state index contributed by atoms with van der Waals surface area (Å²) < 4.78 is 11.1. The van der Waals surface area contributed by atoms with Gasteiger partial charge in [-0.2, -0.15) is 0 Å². The van der Waals surface area contributed by atoms with Gasteiger partial charge in [-0.15, -0.1) is 0 Å². The topological polar surface area (TPSA) is 64.4 Å². The average molecular weight is 339 g/mol. The van der Waals surface area contributed by atoms with Crippen molar-refractivity contribution in [2.45, 2.75) is 19.5 Å². The molecule has 0 radical (unpaired) electrons. The van der Waals surface area contributed by atoms with Gasteiger partial charge in [0.05, 0.1) is 19.9 Å². The van der Waals surface area contributed by atoms with Crippen LogP contribution < -0.4 is 5.32 Å². The second-order valence-electron chi connectivity index (χ2n) is 4.25. The Morgan fingerprint density at radius 3 is 2.70 bits per heavy atom. The van der Waals surface area contributed by atoms with Crippen LogP contribution in [-0.4, -0.2) is 18.1 Å². The Labute approximate surface area is 125 Å². The fourth-order valence-corrected chi connectivity index (χ4v) is 2.05. The maximum atomic E-state index is 11.9. The van der Waals surface area contributed by atoms with Crippen molar-refractivity contribution in [1.29, 1.82) is 0 Å². The van der Waals surface area contributed by atoms with E-state index in [2.05, 4.69) is 26.2 Å². The van der Waals surface area contributed by atoms with Crippen LogP contribution in [-0.2, 0) is 16.1 Å². The first kappa shape index (κ1) is 14.7. The lowest BCUT2D eigenvalue weighted by Crippen LogP contribution is -2.29. The van der Waals surface area contributed by atoms with E-state index in [4.69, 9.17) is 9.15 Å². The number of nitrogens with zero attached hydrogens (tertiary/aromatic N) is 1. The summed E-state index contributed by atoms with van der Waals surface area (Å²) in [4.78, 5) is 16.0. The molecule has 1 atom stereocenters. The largest absolute Gasteiger partial charge is 0.468 e. The Morgan fingerprint density at radius 2 is 2.15 bits per heavy atom. The van der Waals surface area contributed by atoms with E-state index in [1.807, 2.05) is 31.2 Å². The zero-order valence-electron chi connectivity index (χ0n) is 11.2. The number of methoxy groups -OCH3 is 1. The van der Waals surface area contributed by atoms with Crippen molar-refractivity contribution < 1.29 is 13.9 Å². The highest BCUT2D eigenvalue weighted by Crippen LogP contribution is 2.18. The molecule has 5 nitrogen and oxygen atoms in total. The Balaban J connectivity index is 2.11. The van der Waals surface area contributed by atoms with Crippen molar-refractivity contribution in [2.24, 2.45) is 0 Å². The molecule has 0 aliphatic carbocycles. The summed E-state index contributed by atoms with van der Waals surface area (Å²) >= 11 is 3.37. The van der Waals surface area contributed by atoms with E-state index < -0.39 is 6.04 Å². The number of benzene rings is 1. The number of ether oxygens (including phenoxy) is 1. The van der Waals surface area contributed by atoms with E-state index in [1.54, 1.807) is 6.20 Å². The van der Waals surface area contributed by atoms with Crippen molar-refractivity contribution in [3.05, 3.63) is 52.1 Å². The molecule has 0 spiro atoms. The molecule has 20 heavy (non-hydrogen) atoms. The SMILES string of the molecule is COC(=O)[C@H](NCc1ncc(C)o1)c1ccc(Br)cc1. The number of oxazole rings is 1. The second-order valence-corrected chi connectivity index (χ2v) is 5.17. The van der Waals surface area contributed by atoms with Crippen molar-refractivity contribution in [3.63, 3.8) is 0 Å². The van der Waals surface area contributed by atoms with Gasteiger partial charge in [-0.05, 0) is 24.6 Å². The number of nitrogens with one attached hydrogen (secondary N) is 1. The number of rotatable bonds is 5. The second kappa shape index (κ2) is 6.67. The summed E-state index contributed by atoms with van der Waals surface area (Å²) in [6.07, 6.45) is 1.64. The van der Waals surface area contributed by atoms with Crippen LogP contribution in [0.25, 0.3) is 0 Å². The minimum Gasteiger partial charge on any atom is -0.468 e. The molecule has 0 amide bonds. The van der Waals surface area contributed by atoms with Crippen molar-refractivity contribution in [2.75, 3.05) is 7.11 Å². The summed E-state index contributed by atoms with van der Waals surface area (Å²) in [5.74, 6) is 0.921. The summed E-state index contributed by atoms with van der Waals surface area (Å²) in [5, 5.41) is 3.09. The molecular formula is C14H15BrN2O3. The molecule has 1 aromatic carbocycles. The Morgan fingerprint density at radius 1 is 1.45 bits per heavy atom. The van der Waals surface area contributed by atoms with Gasteiger partial charge >= 0.3 is 5.97 Å². The van der Waals surface area contributed by atoms with E-state index in [9.17, 15) is 4.79 Å². The number of hydrogen-bond donors (Lipinski definition) is 1. The number of aromatic nitrogens is 1. The smallest absolute Gasteiger partial charge is 0.327 e. The molecular weight excluding hydrogens is 324 g/mol. The zero-order valence-corrected chi connectivity index (χ0v) is 12.8. The molecule has 6 heteroatoms. The highest BCUT2D eigenvalue weighted by atomic mass is 79.9. The number of hydrogen-bond acceptors (Lipinski definition) is 5. The molecule has 1 heterocycles. The summed E-state index contributed by atoms with van der Waals surface area (Å²) in [6.45, 7) is 2.17. The first-order valence-electron chi connectivity index (χ1n) is 6.08. The van der Waals surface area contributed by atoms with E-state index >= 15 is 0 Å². The fraction of sp³-hybridized carbons (Fsp3) is 0.286. The van der Waals surface area contributed by atoms with Crippen molar-refractivity contribution >= 4 is 21.9 Å². The van der Waals surface area contributed by atoms with Gasteiger partial charge < -0.3 is 9.15 Å². The number of carbonyl (C=O) groups is 1. The molecule has 2 rings (SSSR count). The number of carbonyl (C=O) groups excluding carboxylic acids is 1. The minimum atomic E-state index is -0.555. The van der Waals surface area contributed by atoms with Crippen LogP contribution >= 0.6 is 15.9 Å². The van der Waals surface area contributed by atoms with Gasteiger partial charge in [0.2, 0.25) is 5.89 Å². The molecule has 0 aliphatic rings. The third kappa shape index (κ3) is 3.68. The van der Waals surface area contributed by atoms with Crippen LogP contribution in [0.3, 0.4) is 0 Å². The molecule has 0 unspecified atom stereocenters. The molecule has 0 bridgehead atoms. The predicted molar refractivity (Wildman–Crippen MR) is 77.0 cm³/mol. The van der Waals surface area contributed by atoms with Crippen LogP contribution in [0.2, 0.25) is 0 Å². The number of esters is 1. The van der Waals surface area contributed by atoms with Gasteiger partial charge in [0.25, 0.3) is 0 Å². The number of aryl methyl sites for hydroxylation is 1. The van der Waals surface area contributed by atoms with Crippen LogP contribution in [0.4, 0.5) is 0 Å². The Kier molecular flexibility index (Phi) is 4.92. The van der Waals surface area contributed by atoms with Gasteiger partial charge in [-0.3, -0.25) is 5.32 Å². The third-order valence-electron chi connectivity index (χ3n) is 2.77. The van der Waals surface area contributed by atoms with Gasteiger partial charge in [-0.25, -0.2) is 9.78 Å². The molecule has 1 N–H and O–H groups in total. The van der Waals surface area contributed by atoms with Crippen LogP contribution in [0.15, 0.2) is 39.4 Å². The van der Waals surface area contributed by atoms with E-state index in [1.165, 1.54) is 7.11 Å². The quantitative estimate of drug-likeness (QED) is 0.849. The fourth-order valence-electron chi connectivity index (χ4n) is 1.78. The average Bonchev–Trinajstić information content (AvgIpc) is 2.86. The molecule has 1 aromatic heterocycles. The molecule has 2 aromatic rings. The zero-order chi connectivity index (χ0) is 14.5. The van der Waals surface area contributed by atoms with Gasteiger partial charge in [0.15, 0.2) is 0 Å². The lowest BCUT2D eigenvalue weighted by atomic mass is 10.1. The number of halogens is 1. The molecule has 0 aliphatic heterocycles. The Hall–Kier alpha value is -1.66. The van der Waals surface area contributed by atoms with E-state index in [0.29, 0.717) is 12.4 Å². The van der Waals surface area contributed by atoms with Gasteiger partial charge in [0, 0.05) is 4.47 Å². The summed E-state index contributed by atoms with van der Waals surface area (Å²) in [5.41, 5.74) is 0.823. The van der Waals surface area contributed by atoms with Crippen LogP contribution in [0.5, 0.6) is 0 Å². The molecule has 0 fully saturated rings. The highest BCUT2D eigenvalue weighted by Gasteiger charge is 2.21. The normalized spacial score (nSPS) is 12.2. The van der Waals surface area contributed by atoms with Gasteiger partial charge in [-0.1, -0.05) is 28.1 Å². The Bertz CT molecular complexity index is 580. The monoisotopic (exact) mass is 338 g/mol.